The lowest BCUT2D eigenvalue weighted by molar-refractivity contribution is 0.405. The fourth-order valence-corrected chi connectivity index (χ4v) is 2.96. The van der Waals surface area contributed by atoms with Gasteiger partial charge in [0, 0.05) is 16.6 Å². The van der Waals surface area contributed by atoms with Crippen molar-refractivity contribution >= 4 is 27.5 Å². The van der Waals surface area contributed by atoms with E-state index in [1.165, 1.54) is 0 Å². The minimum Gasteiger partial charge on any atom is -0.496 e. The second-order valence-corrected chi connectivity index (χ2v) is 5.96. The van der Waals surface area contributed by atoms with Crippen LogP contribution in [-0.4, -0.2) is 14.2 Å². The molecule has 0 amide bonds. The third-order valence-electron chi connectivity index (χ3n) is 3.26. The molecule has 0 aliphatic heterocycles. The van der Waals surface area contributed by atoms with Crippen LogP contribution in [0.5, 0.6) is 11.5 Å². The van der Waals surface area contributed by atoms with E-state index in [9.17, 15) is 0 Å². The number of ether oxygens (including phenoxy) is 2. The summed E-state index contributed by atoms with van der Waals surface area (Å²) in [7, 11) is 3.27. The fourth-order valence-electron chi connectivity index (χ4n) is 2.20. The Balaban J connectivity index is 2.23. The van der Waals surface area contributed by atoms with Crippen molar-refractivity contribution < 1.29 is 9.47 Å². The van der Waals surface area contributed by atoms with Gasteiger partial charge >= 0.3 is 0 Å². The summed E-state index contributed by atoms with van der Waals surface area (Å²) in [5, 5.41) is 0.650. The largest absolute Gasteiger partial charge is 0.496 e. The summed E-state index contributed by atoms with van der Waals surface area (Å²) in [6.45, 7) is 0. The molecule has 0 spiro atoms. The average molecular weight is 371 g/mol. The molecule has 0 radical (unpaired) electrons. The molecule has 0 saturated carbocycles. The average Bonchev–Trinajstić information content (AvgIpc) is 2.47. The van der Waals surface area contributed by atoms with Gasteiger partial charge in [0.25, 0.3) is 0 Å². The lowest BCUT2D eigenvalue weighted by Crippen LogP contribution is -2.14. The first kappa shape index (κ1) is 16.1. The van der Waals surface area contributed by atoms with Crippen molar-refractivity contribution in [2.24, 2.45) is 5.73 Å². The molecule has 3 nitrogen and oxygen atoms in total. The molecule has 1 unspecified atom stereocenters. The molecule has 0 fully saturated rings. The Kier molecular flexibility index (Phi) is 5.51. The first-order valence-electron chi connectivity index (χ1n) is 6.46. The van der Waals surface area contributed by atoms with Crippen molar-refractivity contribution in [3.63, 3.8) is 0 Å². The van der Waals surface area contributed by atoms with Crippen LogP contribution >= 0.6 is 27.5 Å². The predicted octanol–water partition coefficient (Wildman–Crippen LogP) is 4.36. The Labute approximate surface area is 138 Å². The van der Waals surface area contributed by atoms with Gasteiger partial charge in [-0.3, -0.25) is 0 Å². The third-order valence-corrected chi connectivity index (χ3v) is 4.12. The Morgan fingerprint density at radius 3 is 2.38 bits per heavy atom. The molecule has 0 aliphatic carbocycles. The highest BCUT2D eigenvalue weighted by Gasteiger charge is 2.14. The monoisotopic (exact) mass is 369 g/mol. The molecule has 0 saturated heterocycles. The van der Waals surface area contributed by atoms with Crippen LogP contribution in [0.3, 0.4) is 0 Å². The van der Waals surface area contributed by atoms with E-state index in [2.05, 4.69) is 15.9 Å². The number of nitrogens with two attached hydrogens (primary N) is 1. The molecule has 1 atom stereocenters. The van der Waals surface area contributed by atoms with Crippen LogP contribution in [0, 0.1) is 0 Å². The first-order chi connectivity index (χ1) is 10.0. The molecule has 0 heterocycles. The van der Waals surface area contributed by atoms with Crippen molar-refractivity contribution in [3.05, 3.63) is 57.0 Å². The smallest absolute Gasteiger partial charge is 0.133 e. The van der Waals surface area contributed by atoms with Crippen LogP contribution in [0.4, 0.5) is 0 Å². The van der Waals surface area contributed by atoms with Gasteiger partial charge in [-0.1, -0.05) is 17.7 Å². The highest BCUT2D eigenvalue weighted by atomic mass is 79.9. The highest BCUT2D eigenvalue weighted by molar-refractivity contribution is 9.10. The molecule has 0 aliphatic rings. The molecule has 5 heteroatoms. The van der Waals surface area contributed by atoms with E-state index in [-0.39, 0.29) is 6.04 Å². The van der Waals surface area contributed by atoms with Gasteiger partial charge in [-0.05, 0) is 58.2 Å². The standard InChI is InChI=1S/C16H17BrClNO2/c1-20-15-6-4-11(18)9-12(15)14(19)8-10-3-5-16(21-2)13(17)7-10/h3-7,9,14H,8,19H2,1-2H3. The quantitative estimate of drug-likeness (QED) is 0.850. The number of halogens is 2. The Morgan fingerprint density at radius 2 is 1.76 bits per heavy atom. The Hall–Kier alpha value is -1.23. The molecule has 21 heavy (non-hydrogen) atoms. The summed E-state index contributed by atoms with van der Waals surface area (Å²) in [5.74, 6) is 1.55. The number of hydrogen-bond acceptors (Lipinski definition) is 3. The lowest BCUT2D eigenvalue weighted by Gasteiger charge is -2.16. The topological polar surface area (TPSA) is 44.5 Å². The maximum Gasteiger partial charge on any atom is 0.133 e. The van der Waals surface area contributed by atoms with E-state index >= 15 is 0 Å². The molecule has 2 aromatic carbocycles. The fraction of sp³-hybridized carbons (Fsp3) is 0.250. The molecule has 0 bridgehead atoms. The number of benzene rings is 2. The minimum absolute atomic E-state index is 0.195. The summed E-state index contributed by atoms with van der Waals surface area (Å²) >= 11 is 9.53. The van der Waals surface area contributed by atoms with Gasteiger partial charge in [0.1, 0.15) is 11.5 Å². The van der Waals surface area contributed by atoms with Gasteiger partial charge in [0.15, 0.2) is 0 Å². The minimum atomic E-state index is -0.195. The molecule has 0 aromatic heterocycles. The van der Waals surface area contributed by atoms with Crippen LogP contribution < -0.4 is 15.2 Å². The zero-order chi connectivity index (χ0) is 15.4. The predicted molar refractivity (Wildman–Crippen MR) is 89.3 cm³/mol. The van der Waals surface area contributed by atoms with Gasteiger partial charge in [-0.2, -0.15) is 0 Å². The van der Waals surface area contributed by atoms with E-state index in [1.807, 2.05) is 30.3 Å². The SMILES string of the molecule is COc1ccc(CC(N)c2cc(Cl)ccc2OC)cc1Br. The molecule has 112 valence electrons. The van der Waals surface area contributed by atoms with Crippen molar-refractivity contribution in [1.82, 2.24) is 0 Å². The van der Waals surface area contributed by atoms with E-state index < -0.39 is 0 Å². The van der Waals surface area contributed by atoms with Gasteiger partial charge in [0.05, 0.1) is 18.7 Å². The van der Waals surface area contributed by atoms with Crippen LogP contribution in [0.15, 0.2) is 40.9 Å². The summed E-state index contributed by atoms with van der Waals surface area (Å²) in [6.07, 6.45) is 0.680. The van der Waals surface area contributed by atoms with Crippen molar-refractivity contribution in [2.75, 3.05) is 14.2 Å². The van der Waals surface area contributed by atoms with Crippen LogP contribution in [0.25, 0.3) is 0 Å². The Bertz CT molecular complexity index is 634. The molecule has 2 rings (SSSR count). The van der Waals surface area contributed by atoms with E-state index in [4.69, 9.17) is 26.8 Å². The summed E-state index contributed by atoms with van der Waals surface area (Å²) in [6, 6.07) is 11.2. The first-order valence-corrected chi connectivity index (χ1v) is 7.63. The normalized spacial score (nSPS) is 12.0. The zero-order valence-electron chi connectivity index (χ0n) is 11.9. The second-order valence-electron chi connectivity index (χ2n) is 4.67. The van der Waals surface area contributed by atoms with Gasteiger partial charge in [-0.25, -0.2) is 0 Å². The van der Waals surface area contributed by atoms with Gasteiger partial charge < -0.3 is 15.2 Å². The lowest BCUT2D eigenvalue weighted by atomic mass is 9.99. The van der Waals surface area contributed by atoms with Gasteiger partial charge in [-0.15, -0.1) is 0 Å². The zero-order valence-corrected chi connectivity index (χ0v) is 14.2. The van der Waals surface area contributed by atoms with Crippen LogP contribution in [-0.2, 0) is 6.42 Å². The number of rotatable bonds is 5. The maximum atomic E-state index is 6.31. The summed E-state index contributed by atoms with van der Waals surface area (Å²) < 4.78 is 11.5. The van der Waals surface area contributed by atoms with E-state index in [0.29, 0.717) is 11.4 Å². The van der Waals surface area contributed by atoms with Gasteiger partial charge in [0.2, 0.25) is 0 Å². The van der Waals surface area contributed by atoms with Crippen molar-refractivity contribution in [2.45, 2.75) is 12.5 Å². The number of hydrogen-bond donors (Lipinski definition) is 1. The third kappa shape index (κ3) is 3.90. The van der Waals surface area contributed by atoms with Crippen molar-refractivity contribution in [1.29, 1.82) is 0 Å². The maximum absolute atomic E-state index is 6.31. The molecular formula is C16H17BrClNO2. The summed E-state index contributed by atoms with van der Waals surface area (Å²) in [5.41, 5.74) is 8.32. The highest BCUT2D eigenvalue weighted by Crippen LogP contribution is 2.31. The van der Waals surface area contributed by atoms with Crippen LogP contribution in [0.2, 0.25) is 5.02 Å². The second kappa shape index (κ2) is 7.16. The summed E-state index contributed by atoms with van der Waals surface area (Å²) in [4.78, 5) is 0. The molecule has 2 N–H and O–H groups in total. The van der Waals surface area contributed by atoms with E-state index in [0.717, 1.165) is 27.1 Å². The number of methoxy groups -OCH3 is 2. The molecule has 2 aromatic rings. The van der Waals surface area contributed by atoms with Crippen LogP contribution in [0.1, 0.15) is 17.2 Å². The Morgan fingerprint density at radius 1 is 1.10 bits per heavy atom. The van der Waals surface area contributed by atoms with E-state index in [1.54, 1.807) is 20.3 Å². The molecular weight excluding hydrogens is 354 g/mol. The van der Waals surface area contributed by atoms with Crippen molar-refractivity contribution in [3.8, 4) is 11.5 Å².